The monoisotopic (exact) mass is 274 g/mol. The average molecular weight is 274 g/mol. The first kappa shape index (κ1) is 12.3. The van der Waals surface area contributed by atoms with E-state index >= 15 is 0 Å². The van der Waals surface area contributed by atoms with Crippen molar-refractivity contribution < 1.29 is 18.7 Å². The minimum Gasteiger partial charge on any atom is -0.478 e. The Morgan fingerprint density at radius 2 is 1.95 bits per heavy atom. The summed E-state index contributed by atoms with van der Waals surface area (Å²) in [6.45, 7) is 0. The van der Waals surface area contributed by atoms with E-state index in [-0.39, 0.29) is 28.0 Å². The first-order valence-electron chi connectivity index (χ1n) is 5.73. The molecule has 2 N–H and O–H groups in total. The number of carbonyl (C=O) groups is 1. The predicted octanol–water partition coefficient (Wildman–Crippen LogP) is 3.21. The van der Waals surface area contributed by atoms with Gasteiger partial charge in [0.1, 0.15) is 23.0 Å². The van der Waals surface area contributed by atoms with E-state index in [9.17, 15) is 13.6 Å². The molecule has 2 aromatic carbocycles. The number of imidazole rings is 1. The second kappa shape index (κ2) is 4.41. The Morgan fingerprint density at radius 3 is 2.65 bits per heavy atom. The molecule has 0 aliphatic rings. The molecule has 0 radical (unpaired) electrons. The lowest BCUT2D eigenvalue weighted by Crippen LogP contribution is -1.98. The number of H-pyrrole nitrogens is 1. The summed E-state index contributed by atoms with van der Waals surface area (Å²) in [5, 5.41) is 9.05. The van der Waals surface area contributed by atoms with Crippen molar-refractivity contribution in [1.82, 2.24) is 9.97 Å². The Balaban J connectivity index is 2.28. The number of aromatic nitrogens is 2. The second-order valence-corrected chi connectivity index (χ2v) is 4.22. The molecule has 6 heteroatoms. The lowest BCUT2D eigenvalue weighted by molar-refractivity contribution is 0.0698. The van der Waals surface area contributed by atoms with Crippen LogP contribution in [0.25, 0.3) is 22.4 Å². The maximum Gasteiger partial charge on any atom is 0.338 e. The maximum absolute atomic E-state index is 13.7. The highest BCUT2D eigenvalue weighted by atomic mass is 19.1. The van der Waals surface area contributed by atoms with Gasteiger partial charge >= 0.3 is 5.97 Å². The Hall–Kier alpha value is -2.76. The molecule has 0 unspecified atom stereocenters. The number of hydrogen-bond acceptors (Lipinski definition) is 2. The van der Waals surface area contributed by atoms with Crippen LogP contribution in [0.2, 0.25) is 0 Å². The zero-order valence-electron chi connectivity index (χ0n) is 10.0. The van der Waals surface area contributed by atoms with Gasteiger partial charge in [-0.05, 0) is 24.3 Å². The molecule has 1 aromatic heterocycles. The third kappa shape index (κ3) is 1.91. The van der Waals surface area contributed by atoms with Crippen LogP contribution in [0.4, 0.5) is 8.78 Å². The van der Waals surface area contributed by atoms with Crippen molar-refractivity contribution in [2.24, 2.45) is 0 Å². The van der Waals surface area contributed by atoms with Crippen molar-refractivity contribution in [2.75, 3.05) is 0 Å². The van der Waals surface area contributed by atoms with Crippen LogP contribution in [-0.2, 0) is 0 Å². The van der Waals surface area contributed by atoms with Gasteiger partial charge < -0.3 is 10.1 Å². The van der Waals surface area contributed by atoms with Crippen LogP contribution >= 0.6 is 0 Å². The summed E-state index contributed by atoms with van der Waals surface area (Å²) >= 11 is 0. The van der Waals surface area contributed by atoms with Gasteiger partial charge in [-0.2, -0.15) is 0 Å². The summed E-state index contributed by atoms with van der Waals surface area (Å²) in [5.74, 6) is -2.32. The highest BCUT2D eigenvalue weighted by molar-refractivity contribution is 6.01. The molecule has 4 nitrogen and oxygen atoms in total. The Bertz CT molecular complexity index is 827. The van der Waals surface area contributed by atoms with Crippen LogP contribution in [-0.4, -0.2) is 21.0 Å². The molecule has 0 saturated carbocycles. The topological polar surface area (TPSA) is 66.0 Å². The molecular formula is C14H8F2N2O2. The fraction of sp³-hybridized carbons (Fsp3) is 0. The quantitative estimate of drug-likeness (QED) is 0.754. The molecule has 20 heavy (non-hydrogen) atoms. The van der Waals surface area contributed by atoms with Gasteiger partial charge in [0.15, 0.2) is 0 Å². The van der Waals surface area contributed by atoms with E-state index in [1.807, 2.05) is 0 Å². The smallest absolute Gasteiger partial charge is 0.338 e. The van der Waals surface area contributed by atoms with Crippen LogP contribution in [0, 0.1) is 11.6 Å². The van der Waals surface area contributed by atoms with Crippen LogP contribution in [0.1, 0.15) is 10.4 Å². The van der Waals surface area contributed by atoms with Crippen molar-refractivity contribution in [3.8, 4) is 11.4 Å². The molecule has 0 fully saturated rings. The summed E-state index contributed by atoms with van der Waals surface area (Å²) < 4.78 is 27.1. The van der Waals surface area contributed by atoms with Crippen molar-refractivity contribution in [3.63, 3.8) is 0 Å². The lowest BCUT2D eigenvalue weighted by atomic mass is 10.2. The third-order valence-electron chi connectivity index (χ3n) is 2.91. The highest BCUT2D eigenvalue weighted by Gasteiger charge is 2.16. The molecular weight excluding hydrogens is 266 g/mol. The summed E-state index contributed by atoms with van der Waals surface area (Å²) in [4.78, 5) is 17.9. The van der Waals surface area contributed by atoms with Crippen molar-refractivity contribution in [3.05, 3.63) is 53.6 Å². The SMILES string of the molecule is O=C(O)c1cc(F)cc2[nH]c(-c3ccccc3F)nc12. The molecule has 0 atom stereocenters. The van der Waals surface area contributed by atoms with Gasteiger partial charge in [-0.1, -0.05) is 12.1 Å². The average Bonchev–Trinajstić information content (AvgIpc) is 2.81. The zero-order chi connectivity index (χ0) is 14.3. The first-order chi connectivity index (χ1) is 9.56. The van der Waals surface area contributed by atoms with Crippen molar-refractivity contribution in [1.29, 1.82) is 0 Å². The van der Waals surface area contributed by atoms with E-state index in [2.05, 4.69) is 9.97 Å². The first-order valence-corrected chi connectivity index (χ1v) is 5.73. The number of fused-ring (bicyclic) bond motifs is 1. The molecule has 1 heterocycles. The van der Waals surface area contributed by atoms with E-state index in [1.165, 1.54) is 18.2 Å². The minimum absolute atomic E-state index is 0.0946. The second-order valence-electron chi connectivity index (χ2n) is 4.22. The number of halogens is 2. The number of benzene rings is 2. The van der Waals surface area contributed by atoms with Crippen LogP contribution in [0.5, 0.6) is 0 Å². The number of nitrogens with zero attached hydrogens (tertiary/aromatic N) is 1. The lowest BCUT2D eigenvalue weighted by Gasteiger charge is -1.97. The number of aromatic carboxylic acids is 1. The normalized spacial score (nSPS) is 10.9. The van der Waals surface area contributed by atoms with Crippen LogP contribution in [0.3, 0.4) is 0 Å². The molecule has 0 amide bonds. The predicted molar refractivity (Wildman–Crippen MR) is 68.4 cm³/mol. The molecule has 0 spiro atoms. The molecule has 0 bridgehead atoms. The fourth-order valence-corrected chi connectivity index (χ4v) is 2.03. The maximum atomic E-state index is 13.7. The number of nitrogens with one attached hydrogen (secondary N) is 1. The van der Waals surface area contributed by atoms with Gasteiger partial charge in [0.05, 0.1) is 16.6 Å². The summed E-state index contributed by atoms with van der Waals surface area (Å²) in [6, 6.07) is 7.94. The summed E-state index contributed by atoms with van der Waals surface area (Å²) in [5.41, 5.74) is 0.233. The standard InChI is InChI=1S/C14H8F2N2O2/c15-7-5-9(14(19)20)12-11(6-7)17-13(18-12)8-3-1-2-4-10(8)16/h1-6H,(H,17,18)(H,19,20). The van der Waals surface area contributed by atoms with Gasteiger partial charge in [0.2, 0.25) is 0 Å². The Labute approximate surface area is 111 Å². The Morgan fingerprint density at radius 1 is 1.20 bits per heavy atom. The van der Waals surface area contributed by atoms with Gasteiger partial charge in [0.25, 0.3) is 0 Å². The van der Waals surface area contributed by atoms with E-state index in [4.69, 9.17) is 5.11 Å². The molecule has 3 rings (SSSR count). The van der Waals surface area contributed by atoms with E-state index < -0.39 is 17.6 Å². The highest BCUT2D eigenvalue weighted by Crippen LogP contribution is 2.25. The molecule has 3 aromatic rings. The van der Waals surface area contributed by atoms with Gasteiger partial charge in [-0.15, -0.1) is 0 Å². The van der Waals surface area contributed by atoms with E-state index in [0.717, 1.165) is 12.1 Å². The molecule has 0 saturated heterocycles. The van der Waals surface area contributed by atoms with E-state index in [0.29, 0.717) is 0 Å². The zero-order valence-corrected chi connectivity index (χ0v) is 10.0. The number of carboxylic acid groups (broad SMARTS) is 1. The molecule has 0 aliphatic heterocycles. The van der Waals surface area contributed by atoms with Crippen molar-refractivity contribution >= 4 is 17.0 Å². The summed E-state index contributed by atoms with van der Waals surface area (Å²) in [7, 11) is 0. The van der Waals surface area contributed by atoms with Gasteiger partial charge in [-0.25, -0.2) is 18.6 Å². The summed E-state index contributed by atoms with van der Waals surface area (Å²) in [6.07, 6.45) is 0. The molecule has 0 aliphatic carbocycles. The number of hydrogen-bond donors (Lipinski definition) is 2. The molecule has 100 valence electrons. The third-order valence-corrected chi connectivity index (χ3v) is 2.91. The largest absolute Gasteiger partial charge is 0.478 e. The minimum atomic E-state index is -1.29. The van der Waals surface area contributed by atoms with E-state index in [1.54, 1.807) is 6.07 Å². The van der Waals surface area contributed by atoms with Gasteiger partial charge in [-0.3, -0.25) is 0 Å². The van der Waals surface area contributed by atoms with Crippen LogP contribution < -0.4 is 0 Å². The Kier molecular flexibility index (Phi) is 2.71. The number of aromatic amines is 1. The number of rotatable bonds is 2. The van der Waals surface area contributed by atoms with Crippen LogP contribution in [0.15, 0.2) is 36.4 Å². The fourth-order valence-electron chi connectivity index (χ4n) is 2.03. The van der Waals surface area contributed by atoms with Gasteiger partial charge in [0, 0.05) is 0 Å². The number of carboxylic acids is 1. The van der Waals surface area contributed by atoms with Crippen molar-refractivity contribution in [2.45, 2.75) is 0 Å².